The molecule has 2 aromatic rings. The zero-order valence-electron chi connectivity index (χ0n) is 15.8. The maximum atomic E-state index is 11.6. The van der Waals surface area contributed by atoms with E-state index in [2.05, 4.69) is 31.6 Å². The number of rotatable bonds is 4. The number of aromatic nitrogens is 4. The van der Waals surface area contributed by atoms with Crippen molar-refractivity contribution >= 4 is 17.2 Å². The lowest BCUT2D eigenvalue weighted by Gasteiger charge is -2.37. The number of carbonyl (C=O) groups is 1. The molecule has 2 saturated carbocycles. The van der Waals surface area contributed by atoms with Gasteiger partial charge < -0.3 is 15.0 Å². The third-order valence-corrected chi connectivity index (χ3v) is 6.41. The van der Waals surface area contributed by atoms with E-state index in [0.29, 0.717) is 17.8 Å². The fraction of sp³-hybridized carbons (Fsp3) is 0.684. The van der Waals surface area contributed by atoms with E-state index < -0.39 is 0 Å². The van der Waals surface area contributed by atoms with Crippen LogP contribution in [0.4, 0.5) is 5.69 Å². The number of nitrogens with zero attached hydrogens (tertiary/aromatic N) is 5. The molecule has 0 bridgehead atoms. The van der Waals surface area contributed by atoms with Gasteiger partial charge in [0.2, 0.25) is 11.6 Å². The minimum atomic E-state index is 0.0173. The van der Waals surface area contributed by atoms with Crippen molar-refractivity contribution in [3.8, 4) is 0 Å². The van der Waals surface area contributed by atoms with Crippen LogP contribution >= 0.6 is 0 Å². The summed E-state index contributed by atoms with van der Waals surface area (Å²) in [4.78, 5) is 14.0. The van der Waals surface area contributed by atoms with Crippen LogP contribution in [0.15, 0.2) is 12.4 Å². The van der Waals surface area contributed by atoms with Crippen LogP contribution in [0, 0.1) is 11.8 Å². The molecule has 3 aliphatic rings. The van der Waals surface area contributed by atoms with Gasteiger partial charge in [-0.25, -0.2) is 0 Å². The van der Waals surface area contributed by atoms with Crippen molar-refractivity contribution in [1.29, 1.82) is 0 Å². The first-order chi connectivity index (χ1) is 13.1. The summed E-state index contributed by atoms with van der Waals surface area (Å²) in [6.45, 7) is 3.56. The van der Waals surface area contributed by atoms with E-state index in [1.54, 1.807) is 20.4 Å². The Labute approximate surface area is 158 Å². The Bertz CT molecular complexity index is 863. The lowest BCUT2D eigenvalue weighted by Crippen LogP contribution is -2.49. The Morgan fingerprint density at radius 3 is 2.74 bits per heavy atom. The molecule has 1 N–H and O–H groups in total. The molecule has 0 radical (unpaired) electrons. The van der Waals surface area contributed by atoms with E-state index in [1.807, 2.05) is 4.52 Å². The van der Waals surface area contributed by atoms with Gasteiger partial charge in [0.05, 0.1) is 23.5 Å². The molecule has 1 amide bonds. The molecule has 144 valence electrons. The number of fused-ring (bicyclic) bond motifs is 2. The highest BCUT2D eigenvalue weighted by Crippen LogP contribution is 2.43. The standard InChI is InChI=1S/C19H26N6O2/c1-11(26)21-16-5-13-8-24(9-14(13)6-18(16)27-2)17-7-15(12-3-4-12)23-25-10-20-22-19(17)25/h7,10,12-14,16,18H,3-6,8-9H2,1-2H3,(H,21,26)/t13-,14+,16-,18-/m1/s1. The molecule has 27 heavy (non-hydrogen) atoms. The highest BCUT2D eigenvalue weighted by Gasteiger charge is 2.43. The zero-order valence-corrected chi connectivity index (χ0v) is 15.8. The van der Waals surface area contributed by atoms with E-state index in [4.69, 9.17) is 4.74 Å². The molecule has 8 nitrogen and oxygen atoms in total. The van der Waals surface area contributed by atoms with Crippen molar-refractivity contribution < 1.29 is 9.53 Å². The molecule has 1 aliphatic heterocycles. The smallest absolute Gasteiger partial charge is 0.217 e. The first-order valence-electron chi connectivity index (χ1n) is 9.88. The van der Waals surface area contributed by atoms with Crippen LogP contribution < -0.4 is 10.2 Å². The predicted molar refractivity (Wildman–Crippen MR) is 99.6 cm³/mol. The van der Waals surface area contributed by atoms with E-state index in [9.17, 15) is 4.79 Å². The number of carbonyl (C=O) groups excluding carboxylic acids is 1. The van der Waals surface area contributed by atoms with E-state index in [1.165, 1.54) is 12.8 Å². The van der Waals surface area contributed by atoms with Crippen LogP contribution in [-0.2, 0) is 9.53 Å². The van der Waals surface area contributed by atoms with Gasteiger partial charge in [0, 0.05) is 33.0 Å². The van der Waals surface area contributed by atoms with Crippen LogP contribution in [0.2, 0.25) is 0 Å². The minimum Gasteiger partial charge on any atom is -0.379 e. The Morgan fingerprint density at radius 2 is 2.04 bits per heavy atom. The summed E-state index contributed by atoms with van der Waals surface area (Å²) in [5, 5.41) is 16.2. The SMILES string of the molecule is CO[C@@H]1C[C@H]2CN(c3cc(C4CC4)nn4cnnc34)C[C@H]2C[C@H]1NC(C)=O. The molecule has 8 heteroatoms. The van der Waals surface area contributed by atoms with E-state index in [-0.39, 0.29) is 18.1 Å². The summed E-state index contributed by atoms with van der Waals surface area (Å²) >= 11 is 0. The van der Waals surface area contributed by atoms with Gasteiger partial charge in [-0.2, -0.15) is 9.61 Å². The van der Waals surface area contributed by atoms with Gasteiger partial charge in [-0.05, 0) is 43.6 Å². The topological polar surface area (TPSA) is 84.7 Å². The molecular formula is C19H26N6O2. The Hall–Kier alpha value is -2.22. The zero-order chi connectivity index (χ0) is 18.5. The van der Waals surface area contributed by atoms with Crippen molar-refractivity contribution in [3.05, 3.63) is 18.1 Å². The number of hydrogen-bond donors (Lipinski definition) is 1. The number of anilines is 1. The van der Waals surface area contributed by atoms with Crippen LogP contribution in [0.1, 0.15) is 44.2 Å². The lowest BCUT2D eigenvalue weighted by molar-refractivity contribution is -0.121. The highest BCUT2D eigenvalue weighted by atomic mass is 16.5. The maximum absolute atomic E-state index is 11.6. The molecule has 3 heterocycles. The first kappa shape index (κ1) is 16.9. The average molecular weight is 370 g/mol. The second kappa shape index (κ2) is 6.44. The van der Waals surface area contributed by atoms with Crippen molar-refractivity contribution in [3.63, 3.8) is 0 Å². The predicted octanol–water partition coefficient (Wildman–Crippen LogP) is 1.37. The van der Waals surface area contributed by atoms with Gasteiger partial charge >= 0.3 is 0 Å². The van der Waals surface area contributed by atoms with Crippen molar-refractivity contribution in [2.75, 3.05) is 25.1 Å². The normalized spacial score (nSPS) is 30.5. The van der Waals surface area contributed by atoms with E-state index in [0.717, 1.165) is 43.0 Å². The Kier molecular flexibility index (Phi) is 4.03. The van der Waals surface area contributed by atoms with Gasteiger partial charge in [0.1, 0.15) is 6.33 Å². The summed E-state index contributed by atoms with van der Waals surface area (Å²) in [6, 6.07) is 2.32. The summed E-state index contributed by atoms with van der Waals surface area (Å²) in [5.74, 6) is 1.72. The molecule has 0 aromatic carbocycles. The van der Waals surface area contributed by atoms with Gasteiger partial charge in [0.15, 0.2) is 0 Å². The largest absolute Gasteiger partial charge is 0.379 e. The molecule has 3 fully saturated rings. The van der Waals surface area contributed by atoms with Crippen LogP contribution in [0.3, 0.4) is 0 Å². The number of nitrogens with one attached hydrogen (secondary N) is 1. The molecule has 0 unspecified atom stereocenters. The summed E-state index contributed by atoms with van der Waals surface area (Å²) < 4.78 is 7.52. The lowest BCUT2D eigenvalue weighted by atomic mass is 9.77. The monoisotopic (exact) mass is 370 g/mol. The highest BCUT2D eigenvalue weighted by molar-refractivity contribution is 5.73. The quantitative estimate of drug-likeness (QED) is 0.875. The van der Waals surface area contributed by atoms with Crippen LogP contribution in [0.25, 0.3) is 5.65 Å². The summed E-state index contributed by atoms with van der Waals surface area (Å²) in [5.41, 5.74) is 3.13. The van der Waals surface area contributed by atoms with Gasteiger partial charge in [0.25, 0.3) is 0 Å². The summed E-state index contributed by atoms with van der Waals surface area (Å²) in [7, 11) is 1.75. The number of ether oxygens (including phenoxy) is 1. The van der Waals surface area contributed by atoms with E-state index >= 15 is 0 Å². The second-order valence-corrected chi connectivity index (χ2v) is 8.31. The fourth-order valence-electron chi connectivity index (χ4n) is 4.92. The maximum Gasteiger partial charge on any atom is 0.217 e. The fourth-order valence-corrected chi connectivity index (χ4v) is 4.92. The average Bonchev–Trinajstić information content (AvgIpc) is 3.24. The Morgan fingerprint density at radius 1 is 1.26 bits per heavy atom. The Balaban J connectivity index is 1.41. The van der Waals surface area contributed by atoms with Crippen LogP contribution in [0.5, 0.6) is 0 Å². The number of hydrogen-bond acceptors (Lipinski definition) is 6. The third kappa shape index (κ3) is 3.05. The third-order valence-electron chi connectivity index (χ3n) is 6.41. The van der Waals surface area contributed by atoms with Crippen LogP contribution in [-0.4, -0.2) is 58.1 Å². The second-order valence-electron chi connectivity index (χ2n) is 8.31. The van der Waals surface area contributed by atoms with Gasteiger partial charge in [-0.3, -0.25) is 4.79 Å². The number of amides is 1. The van der Waals surface area contributed by atoms with Crippen molar-refractivity contribution in [2.45, 2.75) is 50.7 Å². The van der Waals surface area contributed by atoms with Gasteiger partial charge in [-0.1, -0.05) is 0 Å². The molecule has 4 atom stereocenters. The molecule has 0 spiro atoms. The molecular weight excluding hydrogens is 344 g/mol. The molecule has 2 aliphatic carbocycles. The molecule has 1 saturated heterocycles. The molecule has 2 aromatic heterocycles. The van der Waals surface area contributed by atoms with Crippen molar-refractivity contribution in [2.24, 2.45) is 11.8 Å². The summed E-state index contributed by atoms with van der Waals surface area (Å²) in [6.07, 6.45) is 6.16. The van der Waals surface area contributed by atoms with Gasteiger partial charge in [-0.15, -0.1) is 10.2 Å². The minimum absolute atomic E-state index is 0.0173. The first-order valence-corrected chi connectivity index (χ1v) is 9.88. The molecule has 5 rings (SSSR count). The number of methoxy groups -OCH3 is 1. The van der Waals surface area contributed by atoms with Crippen molar-refractivity contribution in [1.82, 2.24) is 25.1 Å².